The van der Waals surface area contributed by atoms with E-state index in [4.69, 9.17) is 18.9 Å². The van der Waals surface area contributed by atoms with Crippen LogP contribution in [-0.4, -0.2) is 19.5 Å². The first-order chi connectivity index (χ1) is 9.64. The molecule has 0 radical (unpaired) electrons. The fraction of sp³-hybridized carbons (Fsp3) is 0.467. The van der Waals surface area contributed by atoms with Crippen LogP contribution in [0, 0.1) is 0 Å². The maximum Gasteiger partial charge on any atom is 0.274 e. The maximum absolute atomic E-state index is 5.73. The first-order valence-electron chi connectivity index (χ1n) is 6.63. The van der Waals surface area contributed by atoms with Crippen molar-refractivity contribution >= 4 is 11.8 Å². The summed E-state index contributed by atoms with van der Waals surface area (Å²) in [4.78, 5) is 0.993. The van der Waals surface area contributed by atoms with Crippen molar-refractivity contribution in [2.45, 2.75) is 31.5 Å². The van der Waals surface area contributed by atoms with Crippen molar-refractivity contribution in [1.82, 2.24) is 0 Å². The molecular formula is C15H20O4S. The molecule has 2 rings (SSSR count). The van der Waals surface area contributed by atoms with E-state index in [1.54, 1.807) is 24.3 Å². The van der Waals surface area contributed by atoms with Crippen LogP contribution in [0.25, 0.3) is 0 Å². The Kier molecular flexibility index (Phi) is 4.70. The monoisotopic (exact) mass is 296 g/mol. The minimum Gasteiger partial charge on any atom is -0.493 e. The van der Waals surface area contributed by atoms with E-state index in [0.29, 0.717) is 13.2 Å². The fourth-order valence-electron chi connectivity index (χ4n) is 2.04. The third-order valence-corrected chi connectivity index (χ3v) is 3.80. The van der Waals surface area contributed by atoms with Crippen molar-refractivity contribution < 1.29 is 18.9 Å². The van der Waals surface area contributed by atoms with Crippen molar-refractivity contribution in [3.8, 4) is 11.5 Å². The fourth-order valence-corrected chi connectivity index (χ4v) is 2.68. The molecular weight excluding hydrogens is 276 g/mol. The van der Waals surface area contributed by atoms with Gasteiger partial charge in [-0.3, -0.25) is 0 Å². The number of thioether (sulfide) groups is 1. The van der Waals surface area contributed by atoms with Crippen LogP contribution in [0.3, 0.4) is 0 Å². The Labute approximate surface area is 124 Å². The molecule has 4 nitrogen and oxygen atoms in total. The van der Waals surface area contributed by atoms with Crippen molar-refractivity contribution in [1.29, 1.82) is 0 Å². The van der Waals surface area contributed by atoms with Gasteiger partial charge in [0.05, 0.1) is 18.1 Å². The third kappa shape index (κ3) is 2.82. The van der Waals surface area contributed by atoms with Crippen LogP contribution in [-0.2, 0) is 15.3 Å². The molecule has 0 N–H and O–H groups in total. The smallest absolute Gasteiger partial charge is 0.274 e. The second kappa shape index (κ2) is 6.31. The van der Waals surface area contributed by atoms with Gasteiger partial charge in [0.25, 0.3) is 5.79 Å². The molecule has 0 unspecified atom stereocenters. The van der Waals surface area contributed by atoms with Gasteiger partial charge in [-0.05, 0) is 32.2 Å². The highest BCUT2D eigenvalue weighted by Gasteiger charge is 2.34. The number of hydrogen-bond donors (Lipinski definition) is 0. The Morgan fingerprint density at radius 3 is 1.95 bits per heavy atom. The lowest BCUT2D eigenvalue weighted by atomic mass is 10.1. The molecule has 0 amide bonds. The quantitative estimate of drug-likeness (QED) is 0.744. The molecule has 1 aromatic carbocycles. The average Bonchev–Trinajstić information content (AvgIpc) is 2.87. The van der Waals surface area contributed by atoms with Gasteiger partial charge in [-0.2, -0.15) is 0 Å². The van der Waals surface area contributed by atoms with E-state index in [9.17, 15) is 0 Å². The highest BCUT2D eigenvalue weighted by molar-refractivity contribution is 7.98. The van der Waals surface area contributed by atoms with Gasteiger partial charge in [-0.15, -0.1) is 11.8 Å². The number of benzene rings is 1. The van der Waals surface area contributed by atoms with Gasteiger partial charge in [0.15, 0.2) is 0 Å². The molecule has 0 aromatic heterocycles. The first kappa shape index (κ1) is 14.9. The second-order valence-corrected chi connectivity index (χ2v) is 5.14. The van der Waals surface area contributed by atoms with Crippen LogP contribution in [0.5, 0.6) is 11.5 Å². The van der Waals surface area contributed by atoms with E-state index in [1.165, 1.54) is 0 Å². The van der Waals surface area contributed by atoms with Gasteiger partial charge in [0.2, 0.25) is 0 Å². The summed E-state index contributed by atoms with van der Waals surface area (Å²) in [5.74, 6) is 0.761. The van der Waals surface area contributed by atoms with Gasteiger partial charge < -0.3 is 18.9 Å². The summed E-state index contributed by atoms with van der Waals surface area (Å²) in [6, 6.07) is 3.90. The highest BCUT2D eigenvalue weighted by Crippen LogP contribution is 2.42. The van der Waals surface area contributed by atoms with Crippen LogP contribution >= 0.6 is 11.8 Å². The summed E-state index contributed by atoms with van der Waals surface area (Å²) >= 11 is 1.60. The second-order valence-electron chi connectivity index (χ2n) is 4.33. The first-order valence-corrected chi connectivity index (χ1v) is 7.85. The highest BCUT2D eigenvalue weighted by atomic mass is 32.2. The summed E-state index contributed by atoms with van der Waals surface area (Å²) < 4.78 is 22.5. The topological polar surface area (TPSA) is 36.9 Å². The zero-order chi connectivity index (χ0) is 14.6. The SMILES string of the molecule is CCOc1cc(C2(C)OC=CO2)cc(OCC)c1SC. The van der Waals surface area contributed by atoms with E-state index < -0.39 is 5.79 Å². The summed E-state index contributed by atoms with van der Waals surface area (Å²) in [7, 11) is 0. The molecule has 1 aliphatic rings. The zero-order valence-corrected chi connectivity index (χ0v) is 13.1. The van der Waals surface area contributed by atoms with Gasteiger partial charge in [0, 0.05) is 12.5 Å². The largest absolute Gasteiger partial charge is 0.493 e. The summed E-state index contributed by atoms with van der Waals surface area (Å²) in [6.45, 7) is 6.98. The van der Waals surface area contributed by atoms with Crippen molar-refractivity contribution in [2.24, 2.45) is 0 Å². The molecule has 0 fully saturated rings. The van der Waals surface area contributed by atoms with Gasteiger partial charge in [-0.25, -0.2) is 0 Å². The van der Waals surface area contributed by atoms with E-state index in [0.717, 1.165) is 22.0 Å². The molecule has 0 bridgehead atoms. The van der Waals surface area contributed by atoms with Crippen LogP contribution in [0.4, 0.5) is 0 Å². The Morgan fingerprint density at radius 1 is 1.05 bits per heavy atom. The standard InChI is InChI=1S/C15H20O4S/c1-5-16-12-9-11(15(3)18-7-8-19-15)10-13(17-6-2)14(12)20-4/h7-10H,5-6H2,1-4H3. The molecule has 0 saturated carbocycles. The number of ether oxygens (including phenoxy) is 4. The molecule has 0 spiro atoms. The average molecular weight is 296 g/mol. The Balaban J connectivity index is 2.47. The minimum absolute atomic E-state index is 0.596. The molecule has 20 heavy (non-hydrogen) atoms. The van der Waals surface area contributed by atoms with Crippen molar-refractivity contribution in [2.75, 3.05) is 19.5 Å². The number of rotatable bonds is 6. The van der Waals surface area contributed by atoms with Crippen LogP contribution in [0.1, 0.15) is 26.3 Å². The molecule has 0 aliphatic carbocycles. The van der Waals surface area contributed by atoms with Crippen LogP contribution < -0.4 is 9.47 Å². The molecule has 110 valence electrons. The lowest BCUT2D eigenvalue weighted by molar-refractivity contribution is -0.133. The third-order valence-electron chi connectivity index (χ3n) is 2.99. The molecule has 0 atom stereocenters. The van der Waals surface area contributed by atoms with Crippen molar-refractivity contribution in [3.05, 3.63) is 30.2 Å². The molecule has 1 heterocycles. The van der Waals surface area contributed by atoms with E-state index >= 15 is 0 Å². The van der Waals surface area contributed by atoms with E-state index in [-0.39, 0.29) is 0 Å². The van der Waals surface area contributed by atoms with Crippen LogP contribution in [0.2, 0.25) is 0 Å². The minimum atomic E-state index is -0.825. The Bertz CT molecular complexity index is 464. The molecule has 1 aromatic rings. The van der Waals surface area contributed by atoms with E-state index in [1.807, 2.05) is 39.2 Å². The van der Waals surface area contributed by atoms with E-state index in [2.05, 4.69) is 0 Å². The normalized spacial score (nSPS) is 15.6. The predicted octanol–water partition coefficient (Wildman–Crippen LogP) is 3.90. The van der Waals surface area contributed by atoms with Crippen molar-refractivity contribution in [3.63, 3.8) is 0 Å². The van der Waals surface area contributed by atoms with Gasteiger partial charge >= 0.3 is 0 Å². The predicted molar refractivity (Wildman–Crippen MR) is 79.2 cm³/mol. The van der Waals surface area contributed by atoms with Crippen LogP contribution in [0.15, 0.2) is 29.6 Å². The number of hydrogen-bond acceptors (Lipinski definition) is 5. The Hall–Kier alpha value is -1.49. The van der Waals surface area contributed by atoms with Gasteiger partial charge in [-0.1, -0.05) is 0 Å². The molecule has 1 aliphatic heterocycles. The lowest BCUT2D eigenvalue weighted by Gasteiger charge is -2.25. The zero-order valence-electron chi connectivity index (χ0n) is 12.3. The lowest BCUT2D eigenvalue weighted by Crippen LogP contribution is -2.22. The summed E-state index contributed by atoms with van der Waals surface area (Å²) in [5.41, 5.74) is 0.868. The summed E-state index contributed by atoms with van der Waals surface area (Å²) in [6.07, 6.45) is 5.10. The molecule has 5 heteroatoms. The van der Waals surface area contributed by atoms with Gasteiger partial charge in [0.1, 0.15) is 24.0 Å². The molecule has 0 saturated heterocycles. The summed E-state index contributed by atoms with van der Waals surface area (Å²) in [5, 5.41) is 0. The Morgan fingerprint density at radius 2 is 1.55 bits per heavy atom. The maximum atomic E-state index is 5.73.